The Kier molecular flexibility index (Phi) is 6.00. The van der Waals surface area contributed by atoms with Crippen molar-refractivity contribution in [1.29, 1.82) is 0 Å². The van der Waals surface area contributed by atoms with Crippen molar-refractivity contribution in [3.05, 3.63) is 39.7 Å². The van der Waals surface area contributed by atoms with Gasteiger partial charge < -0.3 is 25.3 Å². The SMILES string of the molecule is CC(=O)C1=C(O)[C@@]2(O)C(=O)C3=C(O)c4c(O)c(CN5CC6CC6C5)cc(N(C)C)c4C[C@H]3C[C@H]2[C@H](N(C)C)C1=O. The highest BCUT2D eigenvalue weighted by Gasteiger charge is 2.64. The van der Waals surface area contributed by atoms with Gasteiger partial charge in [-0.25, -0.2) is 0 Å². The van der Waals surface area contributed by atoms with Gasteiger partial charge in [0.1, 0.15) is 22.8 Å². The van der Waals surface area contributed by atoms with Crippen molar-refractivity contribution in [1.82, 2.24) is 9.80 Å². The van der Waals surface area contributed by atoms with Crippen molar-refractivity contribution in [2.75, 3.05) is 46.2 Å². The molecule has 1 saturated heterocycles. The van der Waals surface area contributed by atoms with Gasteiger partial charge in [-0.15, -0.1) is 0 Å². The fourth-order valence-electron chi connectivity index (χ4n) is 7.83. The van der Waals surface area contributed by atoms with Crippen molar-refractivity contribution in [3.8, 4) is 5.75 Å². The molecule has 0 radical (unpaired) electrons. The van der Waals surface area contributed by atoms with Crippen molar-refractivity contribution in [3.63, 3.8) is 0 Å². The predicted molar refractivity (Wildman–Crippen MR) is 147 cm³/mol. The number of benzene rings is 1. The van der Waals surface area contributed by atoms with Crippen LogP contribution in [0, 0.1) is 23.7 Å². The normalized spacial score (nSPS) is 33.1. The molecule has 3 fully saturated rings. The van der Waals surface area contributed by atoms with E-state index < -0.39 is 57.9 Å². The van der Waals surface area contributed by atoms with Crippen LogP contribution < -0.4 is 4.90 Å². The summed E-state index contributed by atoms with van der Waals surface area (Å²) in [5, 5.41) is 46.1. The van der Waals surface area contributed by atoms with Crippen LogP contribution in [0.4, 0.5) is 5.69 Å². The largest absolute Gasteiger partial charge is 0.508 e. The summed E-state index contributed by atoms with van der Waals surface area (Å²) >= 11 is 0. The summed E-state index contributed by atoms with van der Waals surface area (Å²) in [4.78, 5) is 45.6. The Hall–Kier alpha value is -3.21. The first kappa shape index (κ1) is 27.0. The summed E-state index contributed by atoms with van der Waals surface area (Å²) in [5.41, 5.74) is -0.930. The molecule has 2 unspecified atom stereocenters. The van der Waals surface area contributed by atoms with Gasteiger partial charge in [0.25, 0.3) is 0 Å². The van der Waals surface area contributed by atoms with E-state index >= 15 is 0 Å². The van der Waals surface area contributed by atoms with Crippen molar-refractivity contribution < 1.29 is 34.8 Å². The first-order valence-corrected chi connectivity index (χ1v) is 13.9. The molecule has 5 aliphatic rings. The number of Topliss-reactive ketones (excluding diaryl/α,β-unsaturated/α-hetero) is 3. The summed E-state index contributed by atoms with van der Waals surface area (Å²) in [6.45, 7) is 3.56. The molecule has 1 heterocycles. The van der Waals surface area contributed by atoms with Crippen molar-refractivity contribution >= 4 is 28.8 Å². The van der Waals surface area contributed by atoms with Crippen LogP contribution in [0.15, 0.2) is 23.0 Å². The number of carbonyl (C=O) groups excluding carboxylic acids is 3. The first-order chi connectivity index (χ1) is 18.8. The van der Waals surface area contributed by atoms with Gasteiger partial charge in [0.2, 0.25) is 5.78 Å². The lowest BCUT2D eigenvalue weighted by molar-refractivity contribution is -0.153. The van der Waals surface area contributed by atoms with E-state index in [0.717, 1.165) is 25.7 Å². The molecule has 10 nitrogen and oxygen atoms in total. The lowest BCUT2D eigenvalue weighted by Gasteiger charge is -2.50. The molecule has 2 saturated carbocycles. The summed E-state index contributed by atoms with van der Waals surface area (Å²) in [7, 11) is 7.02. The maximum absolute atomic E-state index is 14.1. The van der Waals surface area contributed by atoms with E-state index in [-0.39, 0.29) is 23.3 Å². The average molecular weight is 552 g/mol. The summed E-state index contributed by atoms with van der Waals surface area (Å²) in [6.07, 6.45) is 1.65. The number of aliphatic hydroxyl groups excluding tert-OH is 2. The van der Waals surface area contributed by atoms with Gasteiger partial charge in [-0.05, 0) is 69.7 Å². The molecule has 1 aromatic rings. The number of anilines is 1. The molecular formula is C30H37N3O7. The van der Waals surface area contributed by atoms with E-state index in [0.29, 0.717) is 35.9 Å². The van der Waals surface area contributed by atoms with Crippen LogP contribution in [-0.4, -0.2) is 100 Å². The average Bonchev–Trinajstić information content (AvgIpc) is 3.47. The summed E-state index contributed by atoms with van der Waals surface area (Å²) in [5.74, 6) is -3.98. The molecule has 0 spiro atoms. The van der Waals surface area contributed by atoms with Gasteiger partial charge in [-0.3, -0.25) is 24.2 Å². The zero-order valence-electron chi connectivity index (χ0n) is 23.6. The number of piperidine rings is 1. The van der Waals surface area contributed by atoms with Crippen LogP contribution >= 0.6 is 0 Å². The summed E-state index contributed by atoms with van der Waals surface area (Å²) in [6, 6.07) is 0.919. The highest BCUT2D eigenvalue weighted by Crippen LogP contribution is 2.54. The molecule has 10 heteroatoms. The number of rotatable bonds is 5. The monoisotopic (exact) mass is 551 g/mol. The van der Waals surface area contributed by atoms with Crippen molar-refractivity contribution in [2.24, 2.45) is 23.7 Å². The number of likely N-dealkylation sites (N-methyl/N-ethyl adjacent to an activating group) is 1. The molecular weight excluding hydrogens is 514 g/mol. The lowest BCUT2D eigenvalue weighted by atomic mass is 9.57. The number of carbonyl (C=O) groups is 3. The highest BCUT2D eigenvalue weighted by molar-refractivity contribution is 6.25. The van der Waals surface area contributed by atoms with Crippen LogP contribution in [0.1, 0.15) is 36.5 Å². The van der Waals surface area contributed by atoms with Gasteiger partial charge in [0, 0.05) is 56.5 Å². The van der Waals surface area contributed by atoms with E-state index in [2.05, 4.69) is 4.90 Å². The third-order valence-electron chi connectivity index (χ3n) is 9.81. The number of hydrogen-bond donors (Lipinski definition) is 4. The first-order valence-electron chi connectivity index (χ1n) is 13.9. The molecule has 214 valence electrons. The molecule has 0 bridgehead atoms. The zero-order chi connectivity index (χ0) is 29.0. The van der Waals surface area contributed by atoms with Gasteiger partial charge in [-0.1, -0.05) is 0 Å². The second-order valence-corrected chi connectivity index (χ2v) is 12.8. The third-order valence-corrected chi connectivity index (χ3v) is 9.81. The van der Waals surface area contributed by atoms with Gasteiger partial charge in [0.05, 0.1) is 11.6 Å². The number of likely N-dealkylation sites (tertiary alicyclic amines) is 1. The molecule has 0 amide bonds. The number of hydrogen-bond acceptors (Lipinski definition) is 10. The predicted octanol–water partition coefficient (Wildman–Crippen LogP) is 1.59. The number of phenolic OH excluding ortho intramolecular Hbond substituents is 1. The second kappa shape index (κ2) is 8.89. The summed E-state index contributed by atoms with van der Waals surface area (Å²) < 4.78 is 0. The van der Waals surface area contributed by atoms with Gasteiger partial charge in [0.15, 0.2) is 17.2 Å². The third kappa shape index (κ3) is 3.62. The number of nitrogens with zero attached hydrogens (tertiary/aromatic N) is 3. The lowest BCUT2D eigenvalue weighted by Crippen LogP contribution is -2.65. The Bertz CT molecular complexity index is 1420. The molecule has 0 aromatic heterocycles. The number of aromatic hydroxyl groups is 1. The Balaban J connectivity index is 1.50. The Labute approximate surface area is 233 Å². The van der Waals surface area contributed by atoms with E-state index in [4.69, 9.17) is 0 Å². The van der Waals surface area contributed by atoms with Crippen LogP contribution in [0.5, 0.6) is 5.75 Å². The van der Waals surface area contributed by atoms with Crippen LogP contribution in [0.3, 0.4) is 0 Å². The molecule has 6 atom stereocenters. The molecule has 40 heavy (non-hydrogen) atoms. The minimum absolute atomic E-state index is 0.0906. The van der Waals surface area contributed by atoms with Gasteiger partial charge in [-0.2, -0.15) is 0 Å². The number of aliphatic hydroxyl groups is 3. The Morgan fingerprint density at radius 1 is 1.07 bits per heavy atom. The van der Waals surface area contributed by atoms with Gasteiger partial charge >= 0.3 is 0 Å². The fourth-order valence-corrected chi connectivity index (χ4v) is 7.83. The minimum atomic E-state index is -2.56. The van der Waals surface area contributed by atoms with E-state index in [1.807, 2.05) is 25.1 Å². The Morgan fingerprint density at radius 3 is 2.30 bits per heavy atom. The highest BCUT2D eigenvalue weighted by atomic mass is 16.3. The molecule has 1 aliphatic heterocycles. The standard InChI is InChI=1S/C30H37N3O7/c1-13(34)21-27(37)24(32(4)5)19-8-14-7-18-20(31(2)3)9-17(12-33-10-15-6-16(15)11-33)25(35)23(18)26(36)22(14)29(39)30(19,40)28(21)38/h9,14-16,19,24,35-36,38,40H,6-8,10-12H2,1-5H3/t14-,15?,16?,19-,24-,30+/m0/s1. The number of ketones is 3. The van der Waals surface area contributed by atoms with Crippen LogP contribution in [0.25, 0.3) is 5.76 Å². The molecule has 4 N–H and O–H groups in total. The van der Waals surface area contributed by atoms with Crippen LogP contribution in [0.2, 0.25) is 0 Å². The number of fused-ring (bicyclic) bond motifs is 4. The second-order valence-electron chi connectivity index (χ2n) is 12.8. The zero-order valence-corrected chi connectivity index (χ0v) is 23.6. The molecule has 6 rings (SSSR count). The maximum Gasteiger partial charge on any atom is 0.202 e. The van der Waals surface area contributed by atoms with E-state index in [9.17, 15) is 34.8 Å². The smallest absolute Gasteiger partial charge is 0.202 e. The quantitative estimate of drug-likeness (QED) is 0.399. The fraction of sp³-hybridized carbons (Fsp3) is 0.567. The van der Waals surface area contributed by atoms with Crippen LogP contribution in [-0.2, 0) is 27.3 Å². The topological polar surface area (TPSA) is 142 Å². The number of phenols is 1. The van der Waals surface area contributed by atoms with E-state index in [1.165, 1.54) is 6.42 Å². The maximum atomic E-state index is 14.1. The van der Waals surface area contributed by atoms with E-state index in [1.54, 1.807) is 19.0 Å². The minimum Gasteiger partial charge on any atom is -0.508 e. The Morgan fingerprint density at radius 2 is 1.73 bits per heavy atom. The molecule has 1 aromatic carbocycles. The molecule has 4 aliphatic carbocycles. The van der Waals surface area contributed by atoms with Crippen molar-refractivity contribution in [2.45, 2.75) is 44.4 Å².